The van der Waals surface area contributed by atoms with Crippen molar-refractivity contribution >= 4 is 188 Å². The van der Waals surface area contributed by atoms with E-state index in [1.165, 1.54) is 0 Å². The second-order valence-corrected chi connectivity index (χ2v) is 0. The first kappa shape index (κ1) is 101. The maximum Gasteiger partial charge on any atom is 0 e. The molecule has 0 atom stereocenters. The van der Waals surface area contributed by atoms with Crippen molar-refractivity contribution in [2.24, 2.45) is 0 Å². The minimum atomic E-state index is 0. The van der Waals surface area contributed by atoms with Gasteiger partial charge in [-0.05, 0) is 0 Å². The Labute approximate surface area is 287 Å². The third kappa shape index (κ3) is 74.4. The fourth-order valence-corrected chi connectivity index (χ4v) is 0. The largest absolute Gasteiger partial charge is 0 e. The zero-order valence-corrected chi connectivity index (χ0v) is 17.5. The molecule has 64 valence electrons. The Balaban J connectivity index is 0. The van der Waals surface area contributed by atoms with E-state index in [4.69, 9.17) is 0 Å². The summed E-state index contributed by atoms with van der Waals surface area (Å²) in [6.45, 7) is 0. The summed E-state index contributed by atoms with van der Waals surface area (Å²) in [5, 5.41) is 0. The Hall–Kier alpha value is 9.39. The van der Waals surface area contributed by atoms with E-state index in [0.29, 0.717) is 0 Å². The van der Waals surface area contributed by atoms with E-state index in [2.05, 4.69) is 0 Å². The van der Waals surface area contributed by atoms with Crippen LogP contribution in [0.1, 0.15) is 0 Å². The first-order chi connectivity index (χ1) is 0. The Kier molecular flexibility index (Phi) is 731. The fourth-order valence-electron chi connectivity index (χ4n) is 0. The van der Waals surface area contributed by atoms with Crippen molar-refractivity contribution < 1.29 is 108 Å². The van der Waals surface area contributed by atoms with Gasteiger partial charge in [-0.15, -0.1) is 0 Å². The van der Waals surface area contributed by atoms with Gasteiger partial charge in [-0.2, -0.15) is 0 Å². The molecule has 0 aliphatic rings. The predicted octanol–water partition coefficient (Wildman–Crippen LogP) is -3.91. The summed E-state index contributed by atoms with van der Waals surface area (Å²) in [7, 11) is 0. The molecule has 0 bridgehead atoms. The van der Waals surface area contributed by atoms with Crippen molar-refractivity contribution in [3.63, 3.8) is 0 Å². The van der Waals surface area contributed by atoms with E-state index in [-0.39, 0.29) is 296 Å². The standard InChI is InChI=1S/Cu.Fe.K.Mg.Mn.Mo.Na.Ni.Pb.Si.Sr.Zn.6H. The maximum absolute atomic E-state index is 0. The van der Waals surface area contributed by atoms with Crippen LogP contribution < -0.4 is 0 Å². The summed E-state index contributed by atoms with van der Waals surface area (Å²) in [4.78, 5) is 0. The van der Waals surface area contributed by atoms with Crippen LogP contribution in [0.25, 0.3) is 0 Å². The topological polar surface area (TPSA) is 0 Å². The second kappa shape index (κ2) is 87.0. The zero-order chi connectivity index (χ0) is 0. The van der Waals surface area contributed by atoms with Gasteiger partial charge in [0.1, 0.15) is 0 Å². The van der Waals surface area contributed by atoms with E-state index < -0.39 is 0 Å². The minimum Gasteiger partial charge on any atom is 0 e. The molecule has 0 amide bonds. The van der Waals surface area contributed by atoms with Crippen molar-refractivity contribution in [3.05, 3.63) is 0 Å². The third-order valence-electron chi connectivity index (χ3n) is 0. The second-order valence-electron chi connectivity index (χ2n) is 0. The van der Waals surface area contributed by atoms with E-state index in [9.17, 15) is 0 Å². The molecular weight excluding hydrogens is 804 g/mol. The molecule has 0 saturated heterocycles. The zero-order valence-electron chi connectivity index (χ0n) is 3.46. The Morgan fingerprint density at radius 2 is 1.00 bits per heavy atom. The maximum atomic E-state index is 0. The average molecular weight is 810 g/mol. The molecule has 0 fully saturated rings. The molecule has 12 heavy (non-hydrogen) atoms. The van der Waals surface area contributed by atoms with Crippen LogP contribution in [0.15, 0.2) is 0 Å². The summed E-state index contributed by atoms with van der Waals surface area (Å²) in [6.07, 6.45) is 0. The number of rotatable bonds is 0. The Morgan fingerprint density at radius 1 is 1.00 bits per heavy atom. The van der Waals surface area contributed by atoms with E-state index in [0.717, 1.165) is 0 Å². The molecule has 0 saturated carbocycles. The first-order valence-corrected chi connectivity index (χ1v) is 0. The van der Waals surface area contributed by atoms with Gasteiger partial charge in [0.05, 0.1) is 0 Å². The molecule has 0 heterocycles. The van der Waals surface area contributed by atoms with Crippen molar-refractivity contribution in [1.29, 1.82) is 0 Å². The molecule has 0 unspecified atom stereocenters. The summed E-state index contributed by atoms with van der Waals surface area (Å²) in [6, 6.07) is 0. The predicted molar refractivity (Wildman–Crippen MR) is 42.9 cm³/mol. The van der Waals surface area contributed by atoms with Gasteiger partial charge >= 0.3 is 149 Å². The monoisotopic (exact) mass is 809 g/mol. The number of hydrogen-bond donors (Lipinski definition) is 0. The molecule has 0 N–H and O–H groups in total. The van der Waals surface area contributed by atoms with E-state index in [1.807, 2.05) is 0 Å². The smallest absolute Gasteiger partial charge is 0 e. The van der Waals surface area contributed by atoms with Gasteiger partial charge in [0.25, 0.3) is 0 Å². The molecule has 12 heteroatoms. The van der Waals surface area contributed by atoms with Gasteiger partial charge in [-0.1, -0.05) is 0 Å². The normalized spacial score (nSPS) is 0. The van der Waals surface area contributed by atoms with Crippen LogP contribution in [-0.4, -0.2) is 188 Å². The van der Waals surface area contributed by atoms with Crippen molar-refractivity contribution in [1.82, 2.24) is 0 Å². The summed E-state index contributed by atoms with van der Waals surface area (Å²) < 4.78 is 0. The average Bonchev–Trinajstić information content (AvgIpc) is 0. The van der Waals surface area contributed by atoms with Crippen LogP contribution in [0.2, 0.25) is 0 Å². The van der Waals surface area contributed by atoms with Crippen molar-refractivity contribution in [2.45, 2.75) is 0 Å². The molecule has 10 radical (unpaired) electrons. The summed E-state index contributed by atoms with van der Waals surface area (Å²) >= 11 is 0. The van der Waals surface area contributed by atoms with Crippen LogP contribution in [0, 0.1) is 0 Å². The molecule has 0 aromatic carbocycles. The quantitative estimate of drug-likeness (QED) is 0.220. The van der Waals surface area contributed by atoms with Gasteiger partial charge in [0.15, 0.2) is 0 Å². The van der Waals surface area contributed by atoms with E-state index >= 15 is 0 Å². The Bertz CT molecular complexity index is 43.0. The van der Waals surface area contributed by atoms with Crippen molar-refractivity contribution in [3.8, 4) is 0 Å². The van der Waals surface area contributed by atoms with Crippen LogP contribution in [0.4, 0.5) is 0 Å². The van der Waals surface area contributed by atoms with Crippen LogP contribution in [0.3, 0.4) is 0 Å². The first-order valence-electron chi connectivity index (χ1n) is 0. The van der Waals surface area contributed by atoms with Crippen LogP contribution in [-0.2, 0) is 108 Å². The molecule has 0 aromatic rings. The molecule has 0 nitrogen and oxygen atoms in total. The minimum absolute atomic E-state index is 0. The van der Waals surface area contributed by atoms with Gasteiger partial charge in [-0.3, -0.25) is 0 Å². The van der Waals surface area contributed by atoms with E-state index in [1.54, 1.807) is 0 Å². The molecule has 0 aromatic heterocycles. The Morgan fingerprint density at radius 3 is 1.00 bits per heavy atom. The molecule has 0 rings (SSSR count). The van der Waals surface area contributed by atoms with Gasteiger partial charge < -0.3 is 0 Å². The molecule has 0 aliphatic carbocycles. The van der Waals surface area contributed by atoms with Gasteiger partial charge in [0, 0.05) is 147 Å². The van der Waals surface area contributed by atoms with Crippen LogP contribution in [0.5, 0.6) is 0 Å². The summed E-state index contributed by atoms with van der Waals surface area (Å²) in [5.41, 5.74) is 0. The van der Waals surface area contributed by atoms with Crippen LogP contribution >= 0.6 is 0 Å². The molecule has 0 spiro atoms. The molecule has 0 aliphatic heterocycles. The third-order valence-corrected chi connectivity index (χ3v) is 0. The SMILES string of the molecule is [Cu].[Fe].[KH].[MgH2].[Mn].[Mo].[NaH].[Ni].[Pb].[Si].[SrH2].[Zn]. The fraction of sp³-hybridized carbons (Fsp3) is 0. The summed E-state index contributed by atoms with van der Waals surface area (Å²) in [5.74, 6) is 0. The van der Waals surface area contributed by atoms with Crippen molar-refractivity contribution in [2.75, 3.05) is 0 Å². The molecular formula is H6CuFeKMgMnMoNaNiPbSiSrZn. The van der Waals surface area contributed by atoms with Gasteiger partial charge in [-0.25, -0.2) is 0 Å². The van der Waals surface area contributed by atoms with Gasteiger partial charge in [0.2, 0.25) is 0 Å². The number of hydrogen-bond acceptors (Lipinski definition) is 0.